The molecule has 0 radical (unpaired) electrons. The Morgan fingerprint density at radius 1 is 1.03 bits per heavy atom. The Balaban J connectivity index is 1.24. The SMILES string of the molecule is Oc1cncnc1CC1CCc2cc(C#Cc3ccc(CN4CCOCC4)cc3)ccc21. The van der Waals surface area contributed by atoms with Crippen molar-refractivity contribution in [3.8, 4) is 17.6 Å². The largest absolute Gasteiger partial charge is 0.504 e. The van der Waals surface area contributed by atoms with Crippen LogP contribution in [0.15, 0.2) is 55.0 Å². The predicted molar refractivity (Wildman–Crippen MR) is 123 cm³/mol. The van der Waals surface area contributed by atoms with Crippen LogP contribution in [0.3, 0.4) is 0 Å². The van der Waals surface area contributed by atoms with E-state index in [4.69, 9.17) is 4.74 Å². The predicted octanol–water partition coefficient (Wildman–Crippen LogP) is 3.69. The molecule has 2 heterocycles. The van der Waals surface area contributed by atoms with E-state index in [0.29, 0.717) is 5.92 Å². The summed E-state index contributed by atoms with van der Waals surface area (Å²) in [5.41, 5.74) is 6.83. The van der Waals surface area contributed by atoms with E-state index in [1.807, 2.05) is 0 Å². The van der Waals surface area contributed by atoms with Crippen molar-refractivity contribution in [1.29, 1.82) is 0 Å². The molecule has 1 fully saturated rings. The summed E-state index contributed by atoms with van der Waals surface area (Å²) in [5, 5.41) is 9.99. The first kappa shape index (κ1) is 20.7. The molecule has 2 aromatic carbocycles. The molecule has 1 saturated heterocycles. The molecule has 1 aliphatic heterocycles. The van der Waals surface area contributed by atoms with E-state index in [1.54, 1.807) is 0 Å². The lowest BCUT2D eigenvalue weighted by atomic mass is 9.95. The van der Waals surface area contributed by atoms with Crippen molar-refractivity contribution < 1.29 is 9.84 Å². The molecule has 0 saturated carbocycles. The van der Waals surface area contributed by atoms with Crippen LogP contribution in [0.2, 0.25) is 0 Å². The van der Waals surface area contributed by atoms with Gasteiger partial charge in [-0.3, -0.25) is 4.90 Å². The minimum absolute atomic E-state index is 0.180. The lowest BCUT2D eigenvalue weighted by molar-refractivity contribution is 0.0342. The first-order chi connectivity index (χ1) is 15.7. The topological polar surface area (TPSA) is 58.5 Å². The van der Waals surface area contributed by atoms with Gasteiger partial charge in [0.15, 0.2) is 5.75 Å². The number of rotatable bonds is 4. The molecule has 5 nitrogen and oxygen atoms in total. The Hall–Kier alpha value is -3.20. The van der Waals surface area contributed by atoms with Crippen molar-refractivity contribution in [3.05, 3.63) is 88.5 Å². The van der Waals surface area contributed by atoms with Gasteiger partial charge in [-0.15, -0.1) is 0 Å². The van der Waals surface area contributed by atoms with Crippen molar-refractivity contribution in [2.75, 3.05) is 26.3 Å². The Morgan fingerprint density at radius 3 is 2.62 bits per heavy atom. The number of hydrogen-bond acceptors (Lipinski definition) is 5. The molecule has 162 valence electrons. The van der Waals surface area contributed by atoms with E-state index in [1.165, 1.54) is 29.2 Å². The van der Waals surface area contributed by atoms with Gasteiger partial charge in [0.1, 0.15) is 6.33 Å². The summed E-state index contributed by atoms with van der Waals surface area (Å²) >= 11 is 0. The molecule has 1 atom stereocenters. The standard InChI is InChI=1S/C27H27N3O2/c31-27-17-28-19-29-26(27)16-24-9-8-23-15-21(7-10-25(23)24)4-1-20-2-5-22(6-3-20)18-30-11-13-32-14-12-30/h2-3,5-7,10,15,17,19,24,31H,8-9,11-14,16,18H2. The Bertz CT molecular complexity index is 1140. The fraction of sp³-hybridized carbons (Fsp3) is 0.333. The van der Waals surface area contributed by atoms with Crippen LogP contribution < -0.4 is 0 Å². The van der Waals surface area contributed by atoms with E-state index in [0.717, 1.165) is 68.9 Å². The van der Waals surface area contributed by atoms with Gasteiger partial charge in [0.05, 0.1) is 25.1 Å². The van der Waals surface area contributed by atoms with E-state index < -0.39 is 0 Å². The van der Waals surface area contributed by atoms with Gasteiger partial charge in [0.2, 0.25) is 0 Å². The molecule has 0 spiro atoms. The fourth-order valence-electron chi connectivity index (χ4n) is 4.59. The van der Waals surface area contributed by atoms with Crippen LogP contribution in [0.5, 0.6) is 5.75 Å². The van der Waals surface area contributed by atoms with E-state index in [-0.39, 0.29) is 5.75 Å². The monoisotopic (exact) mass is 425 g/mol. The van der Waals surface area contributed by atoms with Gasteiger partial charge in [-0.1, -0.05) is 30.0 Å². The average Bonchev–Trinajstić information content (AvgIpc) is 3.23. The zero-order chi connectivity index (χ0) is 21.8. The van der Waals surface area contributed by atoms with Crippen LogP contribution in [-0.2, 0) is 24.1 Å². The number of nitrogens with zero attached hydrogens (tertiary/aromatic N) is 3. The van der Waals surface area contributed by atoms with Crippen LogP contribution in [0.25, 0.3) is 0 Å². The number of aromatic nitrogens is 2. The molecular formula is C27H27N3O2. The normalized spacial score (nSPS) is 18.1. The number of hydrogen-bond donors (Lipinski definition) is 1. The van der Waals surface area contributed by atoms with Crippen molar-refractivity contribution in [1.82, 2.24) is 14.9 Å². The summed E-state index contributed by atoms with van der Waals surface area (Å²) in [6, 6.07) is 15.1. The number of fused-ring (bicyclic) bond motifs is 1. The van der Waals surface area contributed by atoms with Crippen LogP contribution in [0.4, 0.5) is 0 Å². The van der Waals surface area contributed by atoms with Gasteiger partial charge >= 0.3 is 0 Å². The minimum atomic E-state index is 0.180. The summed E-state index contributed by atoms with van der Waals surface area (Å²) in [4.78, 5) is 10.5. The highest BCUT2D eigenvalue weighted by Gasteiger charge is 2.24. The Labute approximate surface area is 189 Å². The van der Waals surface area contributed by atoms with Gasteiger partial charge in [-0.25, -0.2) is 9.97 Å². The first-order valence-electron chi connectivity index (χ1n) is 11.3. The highest BCUT2D eigenvalue weighted by molar-refractivity contribution is 5.48. The maximum atomic E-state index is 9.99. The number of morpholine rings is 1. The summed E-state index contributed by atoms with van der Waals surface area (Å²) in [6.07, 6.45) is 5.81. The van der Waals surface area contributed by atoms with Crippen LogP contribution in [-0.4, -0.2) is 46.3 Å². The molecule has 1 unspecified atom stereocenters. The Kier molecular flexibility index (Phi) is 6.15. The second kappa shape index (κ2) is 9.52. The van der Waals surface area contributed by atoms with Crippen molar-refractivity contribution in [2.24, 2.45) is 0 Å². The van der Waals surface area contributed by atoms with Crippen LogP contribution >= 0.6 is 0 Å². The molecule has 1 aliphatic carbocycles. The molecular weight excluding hydrogens is 398 g/mol. The second-order valence-electron chi connectivity index (χ2n) is 8.54. The van der Waals surface area contributed by atoms with Crippen molar-refractivity contribution >= 4 is 0 Å². The summed E-state index contributed by atoms with van der Waals surface area (Å²) < 4.78 is 5.42. The molecule has 32 heavy (non-hydrogen) atoms. The third-order valence-corrected chi connectivity index (χ3v) is 6.37. The summed E-state index contributed by atoms with van der Waals surface area (Å²) in [6.45, 7) is 4.63. The van der Waals surface area contributed by atoms with Gasteiger partial charge in [-0.05, 0) is 59.7 Å². The second-order valence-corrected chi connectivity index (χ2v) is 8.54. The maximum Gasteiger partial charge on any atom is 0.155 e. The molecule has 2 aliphatic rings. The molecule has 5 rings (SSSR count). The Morgan fingerprint density at radius 2 is 1.81 bits per heavy atom. The number of aryl methyl sites for hydroxylation is 1. The van der Waals surface area contributed by atoms with Gasteiger partial charge in [-0.2, -0.15) is 0 Å². The lowest BCUT2D eigenvalue weighted by Gasteiger charge is -2.26. The lowest BCUT2D eigenvalue weighted by Crippen LogP contribution is -2.35. The van der Waals surface area contributed by atoms with Crippen molar-refractivity contribution in [3.63, 3.8) is 0 Å². The smallest absolute Gasteiger partial charge is 0.155 e. The van der Waals surface area contributed by atoms with Gasteiger partial charge in [0, 0.05) is 37.2 Å². The number of aromatic hydroxyl groups is 1. The van der Waals surface area contributed by atoms with E-state index >= 15 is 0 Å². The van der Waals surface area contributed by atoms with Gasteiger partial charge in [0.25, 0.3) is 0 Å². The molecule has 0 amide bonds. The molecule has 3 aromatic rings. The van der Waals surface area contributed by atoms with E-state index in [9.17, 15) is 5.11 Å². The highest BCUT2D eigenvalue weighted by Crippen LogP contribution is 2.36. The number of ether oxygens (including phenoxy) is 1. The van der Waals surface area contributed by atoms with Crippen LogP contribution in [0.1, 0.15) is 45.8 Å². The highest BCUT2D eigenvalue weighted by atomic mass is 16.5. The first-order valence-corrected chi connectivity index (χ1v) is 11.3. The third-order valence-electron chi connectivity index (χ3n) is 6.37. The van der Waals surface area contributed by atoms with Gasteiger partial charge < -0.3 is 9.84 Å². The van der Waals surface area contributed by atoms with Crippen molar-refractivity contribution in [2.45, 2.75) is 31.7 Å². The number of benzene rings is 2. The summed E-state index contributed by atoms with van der Waals surface area (Å²) in [5.74, 6) is 7.20. The molecule has 0 bridgehead atoms. The zero-order valence-electron chi connectivity index (χ0n) is 18.1. The maximum absolute atomic E-state index is 9.99. The summed E-state index contributed by atoms with van der Waals surface area (Å²) in [7, 11) is 0. The van der Waals surface area contributed by atoms with E-state index in [2.05, 4.69) is 69.2 Å². The zero-order valence-corrected chi connectivity index (χ0v) is 18.1. The third kappa shape index (κ3) is 4.83. The molecule has 1 aromatic heterocycles. The quantitative estimate of drug-likeness (QED) is 0.646. The minimum Gasteiger partial charge on any atom is -0.504 e. The molecule has 5 heteroatoms. The van der Waals surface area contributed by atoms with Crippen LogP contribution in [0, 0.1) is 11.8 Å². The average molecular weight is 426 g/mol. The fourth-order valence-corrected chi connectivity index (χ4v) is 4.59. The molecule has 1 N–H and O–H groups in total.